The number of ether oxygens (including phenoxy) is 1. The normalized spacial score (nSPS) is 23.6. The van der Waals surface area contributed by atoms with Crippen molar-refractivity contribution < 1.29 is 4.74 Å². The van der Waals surface area contributed by atoms with Crippen LogP contribution in [0.1, 0.15) is 33.0 Å². The van der Waals surface area contributed by atoms with E-state index < -0.39 is 0 Å². The van der Waals surface area contributed by atoms with Crippen LogP contribution in [0.25, 0.3) is 0 Å². The van der Waals surface area contributed by atoms with E-state index in [2.05, 4.69) is 28.7 Å². The average Bonchev–Trinajstić information content (AvgIpc) is 2.39. The molecule has 2 N–H and O–H groups in total. The molecule has 0 saturated carbocycles. The molecule has 1 aliphatic heterocycles. The van der Waals surface area contributed by atoms with Gasteiger partial charge in [0.2, 0.25) is 0 Å². The second-order valence-electron chi connectivity index (χ2n) is 5.39. The fourth-order valence-corrected chi connectivity index (χ4v) is 2.39. The summed E-state index contributed by atoms with van der Waals surface area (Å²) in [5.41, 5.74) is 5.87. The van der Waals surface area contributed by atoms with E-state index in [9.17, 15) is 0 Å². The summed E-state index contributed by atoms with van der Waals surface area (Å²) in [6.07, 6.45) is 1.20. The highest BCUT2D eigenvalue weighted by molar-refractivity contribution is 5.47. The molecule has 1 aliphatic rings. The first-order valence-corrected chi connectivity index (χ1v) is 7.06. The molecule has 2 atom stereocenters. The van der Waals surface area contributed by atoms with Gasteiger partial charge in [-0.25, -0.2) is 9.97 Å². The van der Waals surface area contributed by atoms with E-state index in [1.807, 2.05) is 13.0 Å². The average molecular weight is 264 g/mol. The van der Waals surface area contributed by atoms with Crippen molar-refractivity contribution in [3.63, 3.8) is 0 Å². The smallest absolute Gasteiger partial charge is 0.158 e. The standard InChI is InChI=1S/C14H24N4O/c1-4-19-9-13-16-12(15)7-14(17-13)18-6-5-10(2)11(3)8-18/h7,10-11H,4-6,8-9H2,1-3H3,(H2,15,16,17). The van der Waals surface area contributed by atoms with Crippen LogP contribution < -0.4 is 10.6 Å². The summed E-state index contributed by atoms with van der Waals surface area (Å²) in [6, 6.07) is 1.86. The summed E-state index contributed by atoms with van der Waals surface area (Å²) >= 11 is 0. The number of rotatable bonds is 4. The summed E-state index contributed by atoms with van der Waals surface area (Å²) in [7, 11) is 0. The molecule has 106 valence electrons. The Morgan fingerprint density at radius 2 is 2.16 bits per heavy atom. The van der Waals surface area contributed by atoms with Crippen LogP contribution in [0.15, 0.2) is 6.07 Å². The van der Waals surface area contributed by atoms with Crippen molar-refractivity contribution >= 4 is 11.6 Å². The highest BCUT2D eigenvalue weighted by atomic mass is 16.5. The van der Waals surface area contributed by atoms with Gasteiger partial charge in [-0.15, -0.1) is 0 Å². The molecular weight excluding hydrogens is 240 g/mol. The van der Waals surface area contributed by atoms with Crippen LogP contribution >= 0.6 is 0 Å². The van der Waals surface area contributed by atoms with Crippen molar-refractivity contribution in [2.75, 3.05) is 30.3 Å². The number of piperidine rings is 1. The predicted octanol–water partition coefficient (Wildman–Crippen LogP) is 2.08. The Balaban J connectivity index is 2.13. The molecule has 0 radical (unpaired) electrons. The SMILES string of the molecule is CCOCc1nc(N)cc(N2CCC(C)C(C)C2)n1. The Labute approximate surface area is 115 Å². The minimum absolute atomic E-state index is 0.425. The maximum absolute atomic E-state index is 5.87. The molecular formula is C14H24N4O. The number of anilines is 2. The van der Waals surface area contributed by atoms with Crippen LogP contribution in [0, 0.1) is 11.8 Å². The lowest BCUT2D eigenvalue weighted by Gasteiger charge is -2.36. The van der Waals surface area contributed by atoms with E-state index >= 15 is 0 Å². The van der Waals surface area contributed by atoms with E-state index in [0.29, 0.717) is 30.8 Å². The number of hydrogen-bond acceptors (Lipinski definition) is 5. The van der Waals surface area contributed by atoms with Crippen LogP contribution in [0.2, 0.25) is 0 Å². The third kappa shape index (κ3) is 3.56. The van der Waals surface area contributed by atoms with Gasteiger partial charge in [0.05, 0.1) is 0 Å². The zero-order chi connectivity index (χ0) is 13.8. The Morgan fingerprint density at radius 3 is 2.84 bits per heavy atom. The molecule has 19 heavy (non-hydrogen) atoms. The maximum atomic E-state index is 5.87. The molecule has 5 nitrogen and oxygen atoms in total. The zero-order valence-electron chi connectivity index (χ0n) is 12.1. The van der Waals surface area contributed by atoms with Crippen LogP contribution in [0.3, 0.4) is 0 Å². The number of hydrogen-bond donors (Lipinski definition) is 1. The van der Waals surface area contributed by atoms with E-state index in [1.54, 1.807) is 0 Å². The minimum Gasteiger partial charge on any atom is -0.384 e. The lowest BCUT2D eigenvalue weighted by Crippen LogP contribution is -2.39. The van der Waals surface area contributed by atoms with E-state index in [1.165, 1.54) is 6.42 Å². The molecule has 2 unspecified atom stereocenters. The Bertz CT molecular complexity index is 424. The van der Waals surface area contributed by atoms with Gasteiger partial charge in [-0.05, 0) is 25.2 Å². The van der Waals surface area contributed by atoms with E-state index in [4.69, 9.17) is 10.5 Å². The van der Waals surface area contributed by atoms with Gasteiger partial charge in [-0.2, -0.15) is 0 Å². The summed E-state index contributed by atoms with van der Waals surface area (Å²) in [4.78, 5) is 11.1. The fourth-order valence-electron chi connectivity index (χ4n) is 2.39. The van der Waals surface area contributed by atoms with Gasteiger partial charge < -0.3 is 15.4 Å². The number of nitrogens with two attached hydrogens (primary N) is 1. The highest BCUT2D eigenvalue weighted by Crippen LogP contribution is 2.26. The summed E-state index contributed by atoms with van der Waals surface area (Å²) in [5, 5.41) is 0. The van der Waals surface area contributed by atoms with Crippen molar-refractivity contribution in [2.24, 2.45) is 11.8 Å². The summed E-state index contributed by atoms with van der Waals surface area (Å²) in [6.45, 7) is 9.72. The summed E-state index contributed by atoms with van der Waals surface area (Å²) in [5.74, 6) is 3.58. The first-order chi connectivity index (χ1) is 9.10. The van der Waals surface area contributed by atoms with Crippen molar-refractivity contribution in [1.29, 1.82) is 0 Å². The monoisotopic (exact) mass is 264 g/mol. The van der Waals surface area contributed by atoms with Crippen molar-refractivity contribution in [2.45, 2.75) is 33.8 Å². The minimum atomic E-state index is 0.425. The van der Waals surface area contributed by atoms with Crippen LogP contribution in [-0.4, -0.2) is 29.7 Å². The lowest BCUT2D eigenvalue weighted by atomic mass is 9.89. The number of aromatic nitrogens is 2. The molecule has 2 rings (SSSR count). The Hall–Kier alpha value is -1.36. The van der Waals surface area contributed by atoms with Gasteiger partial charge in [-0.3, -0.25) is 0 Å². The molecule has 0 amide bonds. The van der Waals surface area contributed by atoms with Crippen molar-refractivity contribution in [1.82, 2.24) is 9.97 Å². The molecule has 0 spiro atoms. The molecule has 1 saturated heterocycles. The van der Waals surface area contributed by atoms with Crippen LogP contribution in [-0.2, 0) is 11.3 Å². The quantitative estimate of drug-likeness (QED) is 0.902. The third-order valence-corrected chi connectivity index (χ3v) is 3.87. The Kier molecular flexibility index (Phi) is 4.58. The topological polar surface area (TPSA) is 64.3 Å². The van der Waals surface area contributed by atoms with E-state index in [0.717, 1.165) is 24.8 Å². The third-order valence-electron chi connectivity index (χ3n) is 3.87. The highest BCUT2D eigenvalue weighted by Gasteiger charge is 2.24. The largest absolute Gasteiger partial charge is 0.384 e. The maximum Gasteiger partial charge on any atom is 0.158 e. The number of nitrogens with zero attached hydrogens (tertiary/aromatic N) is 3. The first kappa shape index (κ1) is 14.1. The first-order valence-electron chi connectivity index (χ1n) is 7.06. The van der Waals surface area contributed by atoms with Gasteiger partial charge in [-0.1, -0.05) is 13.8 Å². The molecule has 0 aromatic carbocycles. The van der Waals surface area contributed by atoms with Gasteiger partial charge in [0.15, 0.2) is 5.82 Å². The predicted molar refractivity (Wildman–Crippen MR) is 76.9 cm³/mol. The molecule has 1 aromatic rings. The lowest BCUT2D eigenvalue weighted by molar-refractivity contribution is 0.128. The Morgan fingerprint density at radius 1 is 1.37 bits per heavy atom. The molecule has 1 aromatic heterocycles. The van der Waals surface area contributed by atoms with Crippen LogP contribution in [0.5, 0.6) is 0 Å². The molecule has 0 bridgehead atoms. The number of nitrogen functional groups attached to an aromatic ring is 1. The molecule has 2 heterocycles. The zero-order valence-corrected chi connectivity index (χ0v) is 12.1. The second kappa shape index (κ2) is 6.19. The summed E-state index contributed by atoms with van der Waals surface area (Å²) < 4.78 is 5.36. The van der Waals surface area contributed by atoms with Gasteiger partial charge >= 0.3 is 0 Å². The van der Waals surface area contributed by atoms with Gasteiger partial charge in [0.25, 0.3) is 0 Å². The molecule has 1 fully saturated rings. The van der Waals surface area contributed by atoms with Crippen molar-refractivity contribution in [3.05, 3.63) is 11.9 Å². The van der Waals surface area contributed by atoms with Gasteiger partial charge in [0, 0.05) is 25.8 Å². The fraction of sp³-hybridized carbons (Fsp3) is 0.714. The molecule has 5 heteroatoms. The van der Waals surface area contributed by atoms with E-state index in [-0.39, 0.29) is 0 Å². The van der Waals surface area contributed by atoms with Gasteiger partial charge in [0.1, 0.15) is 18.2 Å². The van der Waals surface area contributed by atoms with Crippen LogP contribution in [0.4, 0.5) is 11.6 Å². The molecule has 0 aliphatic carbocycles. The van der Waals surface area contributed by atoms with Crippen molar-refractivity contribution in [3.8, 4) is 0 Å². The second-order valence-corrected chi connectivity index (χ2v) is 5.39.